The van der Waals surface area contributed by atoms with E-state index in [0.29, 0.717) is 32.5 Å². The lowest BCUT2D eigenvalue weighted by atomic mass is 9.94. The number of ether oxygens (including phenoxy) is 1. The zero-order chi connectivity index (χ0) is 25.7. The highest BCUT2D eigenvalue weighted by atomic mass is 35.5. The first-order chi connectivity index (χ1) is 17.3. The van der Waals surface area contributed by atoms with Crippen LogP contribution in [0.4, 0.5) is 5.69 Å². The van der Waals surface area contributed by atoms with Crippen molar-refractivity contribution in [1.29, 1.82) is 0 Å². The number of aromatic nitrogens is 4. The molecule has 2 aromatic carbocycles. The minimum absolute atomic E-state index is 0.0933. The second-order valence-corrected chi connectivity index (χ2v) is 10.7. The zero-order valence-corrected chi connectivity index (χ0v) is 22.4. The minimum atomic E-state index is -0.356. The molecule has 1 fully saturated rings. The van der Waals surface area contributed by atoms with E-state index in [-0.39, 0.29) is 17.1 Å². The van der Waals surface area contributed by atoms with E-state index >= 15 is 0 Å². The van der Waals surface area contributed by atoms with Crippen molar-refractivity contribution in [3.05, 3.63) is 69.9 Å². The number of amides is 1. The number of hydrogen-bond acceptors (Lipinski definition) is 6. The molecule has 36 heavy (non-hydrogen) atoms. The molecule has 1 aliphatic rings. The van der Waals surface area contributed by atoms with Crippen molar-refractivity contribution >= 4 is 46.6 Å². The van der Waals surface area contributed by atoms with Crippen molar-refractivity contribution in [2.45, 2.75) is 37.8 Å². The summed E-state index contributed by atoms with van der Waals surface area (Å²) in [4.78, 5) is 12.6. The number of hydrogen-bond donors (Lipinski definition) is 1. The van der Waals surface area contributed by atoms with Gasteiger partial charge in [0.15, 0.2) is 0 Å². The highest BCUT2D eigenvalue weighted by Crippen LogP contribution is 2.41. The molecule has 4 rings (SSSR count). The van der Waals surface area contributed by atoms with Crippen LogP contribution >= 0.6 is 35.0 Å². The van der Waals surface area contributed by atoms with Gasteiger partial charge < -0.3 is 10.1 Å². The van der Waals surface area contributed by atoms with Gasteiger partial charge in [0, 0.05) is 11.0 Å². The van der Waals surface area contributed by atoms with E-state index in [9.17, 15) is 4.79 Å². The van der Waals surface area contributed by atoms with E-state index in [0.717, 1.165) is 5.56 Å². The topological polar surface area (TPSA) is 81.9 Å². The second-order valence-electron chi connectivity index (χ2n) is 8.90. The van der Waals surface area contributed by atoms with Gasteiger partial charge in [-0.2, -0.15) is 4.68 Å². The summed E-state index contributed by atoms with van der Waals surface area (Å²) in [7, 11) is 1.59. The number of carbonyl (C=O) groups excluding carboxylic acids is 1. The van der Waals surface area contributed by atoms with Crippen LogP contribution in [0.3, 0.4) is 0 Å². The standard InChI is InChI=1S/C26H25Cl2N5O2S/c1-26(2,12-13-35-3)11-10-17-4-8-22(20(27)14-17)29-24(34)16-36-25-30-31-32-33(25)23-9-7-19(15-21(23)28)18-5-6-18/h4,7-9,12-15,18H,5-6,16H2,1-3H3,(H,29,34)/b13-12+. The number of benzene rings is 2. The predicted molar refractivity (Wildman–Crippen MR) is 144 cm³/mol. The third-order valence-corrected chi connectivity index (χ3v) is 6.95. The Morgan fingerprint density at radius 1 is 1.25 bits per heavy atom. The van der Waals surface area contributed by atoms with Gasteiger partial charge in [-0.1, -0.05) is 52.9 Å². The van der Waals surface area contributed by atoms with Crippen LogP contribution in [-0.4, -0.2) is 39.0 Å². The molecule has 0 aliphatic heterocycles. The summed E-state index contributed by atoms with van der Waals surface area (Å²) in [5.74, 6) is 6.73. The number of carbonyl (C=O) groups is 1. The molecule has 3 aromatic rings. The molecule has 186 valence electrons. The van der Waals surface area contributed by atoms with Crippen molar-refractivity contribution in [2.24, 2.45) is 5.41 Å². The van der Waals surface area contributed by atoms with E-state index in [1.807, 2.05) is 38.1 Å². The number of nitrogens with one attached hydrogen (secondary N) is 1. The molecule has 0 radical (unpaired) electrons. The number of allylic oxidation sites excluding steroid dienone is 1. The highest BCUT2D eigenvalue weighted by molar-refractivity contribution is 7.99. The molecule has 0 atom stereocenters. The average molecular weight is 542 g/mol. The Bertz CT molecular complexity index is 1360. The largest absolute Gasteiger partial charge is 0.505 e. The Hall–Kier alpha value is -2.99. The van der Waals surface area contributed by atoms with E-state index < -0.39 is 0 Å². The smallest absolute Gasteiger partial charge is 0.234 e. The Balaban J connectivity index is 1.37. The molecule has 0 saturated heterocycles. The first-order valence-electron chi connectivity index (χ1n) is 11.3. The maximum atomic E-state index is 12.6. The maximum Gasteiger partial charge on any atom is 0.234 e. The third kappa shape index (κ3) is 6.82. The molecule has 0 unspecified atom stereocenters. The number of tetrazole rings is 1. The van der Waals surface area contributed by atoms with Crippen molar-refractivity contribution in [1.82, 2.24) is 20.2 Å². The summed E-state index contributed by atoms with van der Waals surface area (Å²) in [6, 6.07) is 11.2. The van der Waals surface area contributed by atoms with Crippen molar-refractivity contribution in [3.63, 3.8) is 0 Å². The summed E-state index contributed by atoms with van der Waals surface area (Å²) in [6.07, 6.45) is 5.88. The van der Waals surface area contributed by atoms with Crippen molar-refractivity contribution in [2.75, 3.05) is 18.2 Å². The summed E-state index contributed by atoms with van der Waals surface area (Å²) in [6.45, 7) is 3.97. The Kier molecular flexibility index (Phi) is 8.24. The minimum Gasteiger partial charge on any atom is -0.505 e. The van der Waals surface area contributed by atoms with Crippen LogP contribution in [0.25, 0.3) is 5.69 Å². The van der Waals surface area contributed by atoms with E-state index in [1.165, 1.54) is 30.2 Å². The van der Waals surface area contributed by atoms with Gasteiger partial charge in [0.25, 0.3) is 0 Å². The fourth-order valence-electron chi connectivity index (χ4n) is 3.31. The molecule has 1 saturated carbocycles. The van der Waals surface area contributed by atoms with Gasteiger partial charge in [0.1, 0.15) is 0 Å². The van der Waals surface area contributed by atoms with E-state index in [2.05, 4.69) is 38.7 Å². The molecule has 1 aromatic heterocycles. The molecule has 7 nitrogen and oxygen atoms in total. The van der Waals surface area contributed by atoms with Crippen LogP contribution in [0.5, 0.6) is 0 Å². The van der Waals surface area contributed by atoms with Crippen LogP contribution in [-0.2, 0) is 9.53 Å². The lowest BCUT2D eigenvalue weighted by Crippen LogP contribution is -2.15. The van der Waals surface area contributed by atoms with Gasteiger partial charge in [-0.25, -0.2) is 0 Å². The number of halogens is 2. The number of rotatable bonds is 8. The molecule has 0 spiro atoms. The first-order valence-corrected chi connectivity index (χ1v) is 13.0. The summed E-state index contributed by atoms with van der Waals surface area (Å²) >= 11 is 14.1. The molecular weight excluding hydrogens is 517 g/mol. The molecule has 10 heteroatoms. The van der Waals surface area contributed by atoms with Gasteiger partial charge in [-0.3, -0.25) is 4.79 Å². The lowest BCUT2D eigenvalue weighted by molar-refractivity contribution is -0.113. The van der Waals surface area contributed by atoms with Crippen molar-refractivity contribution < 1.29 is 9.53 Å². The third-order valence-electron chi connectivity index (χ3n) is 5.41. The van der Waals surface area contributed by atoms with Crippen LogP contribution in [0.2, 0.25) is 10.0 Å². The lowest BCUT2D eigenvalue weighted by Gasteiger charge is -2.11. The first kappa shape index (κ1) is 26.1. The average Bonchev–Trinajstić information content (AvgIpc) is 3.60. The SMILES string of the molecule is CO/C=C/C(C)(C)C#Cc1ccc(NC(=O)CSc2nnnn2-c2ccc(C3CC3)cc2Cl)c(Cl)c1. The summed E-state index contributed by atoms with van der Waals surface area (Å²) in [5.41, 5.74) is 2.80. The zero-order valence-electron chi connectivity index (χ0n) is 20.1. The Labute approximate surface area is 224 Å². The number of methoxy groups -OCH3 is 1. The summed E-state index contributed by atoms with van der Waals surface area (Å²) in [5, 5.41) is 16.1. The van der Waals surface area contributed by atoms with Crippen LogP contribution in [0, 0.1) is 17.3 Å². The summed E-state index contributed by atoms with van der Waals surface area (Å²) < 4.78 is 6.51. The van der Waals surface area contributed by atoms with Crippen LogP contribution in [0.1, 0.15) is 43.7 Å². The monoisotopic (exact) mass is 541 g/mol. The molecule has 1 aliphatic carbocycles. The molecule has 1 N–H and O–H groups in total. The second kappa shape index (κ2) is 11.4. The van der Waals surface area contributed by atoms with Crippen LogP contribution in [0.15, 0.2) is 53.9 Å². The number of anilines is 1. The Morgan fingerprint density at radius 3 is 2.75 bits per heavy atom. The maximum absolute atomic E-state index is 12.6. The quantitative estimate of drug-likeness (QED) is 0.210. The van der Waals surface area contributed by atoms with Gasteiger partial charge in [-0.05, 0) is 85.0 Å². The number of nitrogens with zero attached hydrogens (tertiary/aromatic N) is 4. The molecule has 1 amide bonds. The van der Waals surface area contributed by atoms with E-state index in [4.69, 9.17) is 27.9 Å². The molecule has 0 bridgehead atoms. The highest BCUT2D eigenvalue weighted by Gasteiger charge is 2.24. The van der Waals surface area contributed by atoms with Crippen molar-refractivity contribution in [3.8, 4) is 17.5 Å². The normalized spacial score (nSPS) is 13.4. The predicted octanol–water partition coefficient (Wildman–Crippen LogP) is 6.12. The van der Waals surface area contributed by atoms with Gasteiger partial charge in [0.2, 0.25) is 11.1 Å². The number of thioether (sulfide) groups is 1. The molecular formula is C26H25Cl2N5O2S. The van der Waals surface area contributed by atoms with Crippen LogP contribution < -0.4 is 5.32 Å². The Morgan fingerprint density at radius 2 is 2.06 bits per heavy atom. The molecule has 1 heterocycles. The van der Waals surface area contributed by atoms with Gasteiger partial charge in [0.05, 0.1) is 40.5 Å². The van der Waals surface area contributed by atoms with Gasteiger partial charge >= 0.3 is 0 Å². The van der Waals surface area contributed by atoms with Gasteiger partial charge in [-0.15, -0.1) is 5.10 Å². The fraction of sp³-hybridized carbons (Fsp3) is 0.308. The van der Waals surface area contributed by atoms with E-state index in [1.54, 1.807) is 30.2 Å². The fourth-order valence-corrected chi connectivity index (χ4v) is 4.49.